The van der Waals surface area contributed by atoms with Crippen molar-refractivity contribution >= 4 is 52.7 Å². The molecule has 0 saturated carbocycles. The maximum Gasteiger partial charge on any atom is 0.331 e. The Bertz CT molecular complexity index is 1400. The Morgan fingerprint density at radius 3 is 2.32 bits per heavy atom. The number of nitrogens with one attached hydrogen (secondary N) is 1. The van der Waals surface area contributed by atoms with Gasteiger partial charge in [-0.1, -0.05) is 35.3 Å². The summed E-state index contributed by atoms with van der Waals surface area (Å²) in [4.78, 5) is 57.1. The van der Waals surface area contributed by atoms with Crippen molar-refractivity contribution in [1.82, 2.24) is 15.1 Å². The van der Waals surface area contributed by atoms with Crippen LogP contribution in [-0.4, -0.2) is 79.0 Å². The number of hydrogen-bond acceptors (Lipinski definition) is 7. The number of likely N-dealkylation sites (N-methyl/N-ethyl adjacent to an activating group) is 1. The fourth-order valence-electron chi connectivity index (χ4n) is 5.49. The number of ether oxygens (including phenoxy) is 1. The highest BCUT2D eigenvalue weighted by molar-refractivity contribution is 6.35. The lowest BCUT2D eigenvalue weighted by Crippen LogP contribution is -2.46. The molecule has 0 bridgehead atoms. The lowest BCUT2D eigenvalue weighted by Gasteiger charge is -2.34. The molecule has 1 N–H and O–H groups in total. The first-order valence-corrected chi connectivity index (χ1v) is 13.7. The highest BCUT2D eigenvalue weighted by Gasteiger charge is 2.56. The quantitative estimate of drug-likeness (QED) is 0.503. The van der Waals surface area contributed by atoms with Crippen molar-refractivity contribution in [2.45, 2.75) is 31.8 Å². The van der Waals surface area contributed by atoms with E-state index in [1.165, 1.54) is 23.1 Å². The van der Waals surface area contributed by atoms with E-state index >= 15 is 0 Å². The normalized spacial score (nSPS) is 21.2. The van der Waals surface area contributed by atoms with Gasteiger partial charge in [0.15, 0.2) is 0 Å². The summed E-state index contributed by atoms with van der Waals surface area (Å²) in [6, 6.07) is 13.0. The number of anilines is 1. The van der Waals surface area contributed by atoms with Gasteiger partial charge in [-0.15, -0.1) is 0 Å². The summed E-state index contributed by atoms with van der Waals surface area (Å²) in [7, 11) is 1.61. The number of nitrogens with zero attached hydrogens (tertiary/aromatic N) is 4. The molecule has 0 aliphatic carbocycles. The smallest absolute Gasteiger partial charge is 0.331 e. The number of carbonyl (C=O) groups is 4. The Hall–Kier alpha value is -3.65. The SMILES string of the molecule is CN1C[C@@]2(c3ccc(C#N)cc3)CN(CC(=O)NCC(=O)OC(C)(C)C)C[C@H]2C(=O)N(c2cc(Cl)cc(Cl)c2)C1=O. The number of fused-ring (bicyclic) bond motifs is 1. The van der Waals surface area contributed by atoms with Crippen molar-refractivity contribution in [2.75, 3.05) is 44.7 Å². The van der Waals surface area contributed by atoms with Crippen molar-refractivity contribution in [3.8, 4) is 6.07 Å². The molecule has 2 heterocycles. The van der Waals surface area contributed by atoms with Crippen LogP contribution in [0.3, 0.4) is 0 Å². The van der Waals surface area contributed by atoms with Gasteiger partial charge in [0, 0.05) is 42.1 Å². The molecule has 0 aromatic heterocycles. The number of carbonyl (C=O) groups excluding carboxylic acids is 4. The number of nitriles is 1. The van der Waals surface area contributed by atoms with Crippen molar-refractivity contribution in [1.29, 1.82) is 5.26 Å². The van der Waals surface area contributed by atoms with Crippen LogP contribution in [-0.2, 0) is 24.5 Å². The zero-order valence-corrected chi connectivity index (χ0v) is 24.8. The average molecular weight is 601 g/mol. The molecule has 2 aliphatic heterocycles. The van der Waals surface area contributed by atoms with Crippen molar-refractivity contribution in [2.24, 2.45) is 5.92 Å². The molecular formula is C29H31Cl2N5O5. The number of hydrogen-bond donors (Lipinski definition) is 1. The van der Waals surface area contributed by atoms with Gasteiger partial charge >= 0.3 is 12.0 Å². The third kappa shape index (κ3) is 6.64. The lowest BCUT2D eigenvalue weighted by molar-refractivity contribution is -0.154. The zero-order chi connectivity index (χ0) is 30.1. The van der Waals surface area contributed by atoms with Crippen LogP contribution in [0, 0.1) is 17.2 Å². The van der Waals surface area contributed by atoms with Crippen LogP contribution in [0.2, 0.25) is 10.0 Å². The molecule has 0 spiro atoms. The second kappa shape index (κ2) is 11.7. The summed E-state index contributed by atoms with van der Waals surface area (Å²) in [5, 5.41) is 12.4. The Balaban J connectivity index is 1.66. The predicted octanol–water partition coefficient (Wildman–Crippen LogP) is 3.59. The Morgan fingerprint density at radius 2 is 1.73 bits per heavy atom. The number of amides is 4. The number of rotatable bonds is 6. The largest absolute Gasteiger partial charge is 0.459 e. The van der Waals surface area contributed by atoms with Crippen LogP contribution >= 0.6 is 23.2 Å². The molecule has 2 aromatic carbocycles. The molecular weight excluding hydrogens is 569 g/mol. The zero-order valence-electron chi connectivity index (χ0n) is 23.2. The monoisotopic (exact) mass is 599 g/mol. The minimum Gasteiger partial charge on any atom is -0.459 e. The average Bonchev–Trinajstić information content (AvgIpc) is 3.21. The van der Waals surface area contributed by atoms with Crippen LogP contribution in [0.15, 0.2) is 42.5 Å². The highest BCUT2D eigenvalue weighted by atomic mass is 35.5. The molecule has 0 unspecified atom stereocenters. The van der Waals surface area contributed by atoms with Gasteiger partial charge in [0.1, 0.15) is 12.1 Å². The lowest BCUT2D eigenvalue weighted by atomic mass is 9.71. The molecule has 2 saturated heterocycles. The summed E-state index contributed by atoms with van der Waals surface area (Å²) in [5.74, 6) is -2.16. The first kappa shape index (κ1) is 30.3. The first-order valence-electron chi connectivity index (χ1n) is 13.0. The number of imide groups is 1. The first-order chi connectivity index (χ1) is 19.2. The minimum absolute atomic E-state index is 0.0781. The molecule has 4 amide bonds. The molecule has 216 valence electrons. The fraction of sp³-hybridized carbons (Fsp3) is 0.414. The molecule has 2 fully saturated rings. The van der Waals surface area contributed by atoms with E-state index < -0.39 is 40.7 Å². The minimum atomic E-state index is -0.891. The van der Waals surface area contributed by atoms with Crippen molar-refractivity contribution < 1.29 is 23.9 Å². The van der Waals surface area contributed by atoms with Gasteiger partial charge in [-0.25, -0.2) is 9.69 Å². The van der Waals surface area contributed by atoms with Gasteiger partial charge in [-0.2, -0.15) is 5.26 Å². The summed E-state index contributed by atoms with van der Waals surface area (Å²) in [5.41, 5.74) is -0.109. The molecule has 10 nitrogen and oxygen atoms in total. The summed E-state index contributed by atoms with van der Waals surface area (Å²) in [6.07, 6.45) is 0. The molecule has 4 rings (SSSR count). The van der Waals surface area contributed by atoms with Gasteiger partial charge in [0.2, 0.25) is 11.8 Å². The Morgan fingerprint density at radius 1 is 1.10 bits per heavy atom. The van der Waals surface area contributed by atoms with Crippen LogP contribution in [0.25, 0.3) is 0 Å². The summed E-state index contributed by atoms with van der Waals surface area (Å²) < 4.78 is 5.25. The maximum atomic E-state index is 14.2. The van der Waals surface area contributed by atoms with Crippen LogP contribution in [0.5, 0.6) is 0 Å². The van der Waals surface area contributed by atoms with Gasteiger partial charge in [0.25, 0.3) is 0 Å². The van der Waals surface area contributed by atoms with Gasteiger partial charge in [-0.05, 0) is 56.7 Å². The van der Waals surface area contributed by atoms with Gasteiger partial charge in [-0.3, -0.25) is 19.3 Å². The van der Waals surface area contributed by atoms with Crippen LogP contribution in [0.4, 0.5) is 10.5 Å². The van der Waals surface area contributed by atoms with Crippen LogP contribution in [0.1, 0.15) is 31.9 Å². The van der Waals surface area contributed by atoms with Gasteiger partial charge in [0.05, 0.1) is 29.8 Å². The Kier molecular flexibility index (Phi) is 8.64. The van der Waals surface area contributed by atoms with E-state index in [0.717, 1.165) is 10.5 Å². The van der Waals surface area contributed by atoms with E-state index in [0.29, 0.717) is 5.56 Å². The third-order valence-corrected chi connectivity index (χ3v) is 7.52. The van der Waals surface area contributed by atoms with E-state index in [1.807, 2.05) is 4.90 Å². The number of benzene rings is 2. The standard InChI is InChI=1S/C29H31Cl2N5O5/c1-28(2,3)41-25(38)13-33-24(37)15-35-14-23-26(39)36(22-10-20(30)9-21(31)11-22)27(40)34(4)16-29(23,17-35)19-7-5-18(12-32)6-8-19/h5-11,23H,13-17H2,1-4H3,(H,33,37)/t23-,29-/m0/s1. The number of urea groups is 1. The second-order valence-electron chi connectivity index (χ2n) is 11.4. The Labute approximate surface area is 248 Å². The van der Waals surface area contributed by atoms with Crippen LogP contribution < -0.4 is 10.2 Å². The van der Waals surface area contributed by atoms with Gasteiger partial charge < -0.3 is 15.0 Å². The molecule has 2 atom stereocenters. The molecule has 0 radical (unpaired) electrons. The number of esters is 1. The summed E-state index contributed by atoms with van der Waals surface area (Å²) in [6.45, 7) is 5.48. The second-order valence-corrected chi connectivity index (χ2v) is 12.2. The van der Waals surface area contributed by atoms with Crippen molar-refractivity contribution in [3.05, 3.63) is 63.6 Å². The summed E-state index contributed by atoms with van der Waals surface area (Å²) >= 11 is 12.4. The molecule has 2 aliphatic rings. The predicted molar refractivity (Wildman–Crippen MR) is 154 cm³/mol. The molecule has 41 heavy (non-hydrogen) atoms. The fourth-order valence-corrected chi connectivity index (χ4v) is 6.00. The molecule has 2 aromatic rings. The molecule has 12 heteroatoms. The highest BCUT2D eigenvalue weighted by Crippen LogP contribution is 2.44. The van der Waals surface area contributed by atoms with Crippen molar-refractivity contribution in [3.63, 3.8) is 0 Å². The number of halogens is 2. The van der Waals surface area contributed by atoms with E-state index in [1.54, 1.807) is 52.1 Å². The third-order valence-electron chi connectivity index (χ3n) is 7.08. The number of likely N-dealkylation sites (tertiary alicyclic amines) is 1. The van der Waals surface area contributed by atoms with E-state index in [4.69, 9.17) is 27.9 Å². The van der Waals surface area contributed by atoms with E-state index in [2.05, 4.69) is 11.4 Å². The van der Waals surface area contributed by atoms with E-state index in [9.17, 15) is 24.4 Å². The topological polar surface area (TPSA) is 123 Å². The van der Waals surface area contributed by atoms with E-state index in [-0.39, 0.29) is 48.5 Å². The maximum absolute atomic E-state index is 14.2.